The van der Waals surface area contributed by atoms with Gasteiger partial charge >= 0.3 is 0 Å². The third-order valence-electron chi connectivity index (χ3n) is 5.27. The zero-order valence-electron chi connectivity index (χ0n) is 18.6. The molecule has 2 aromatic carbocycles. The van der Waals surface area contributed by atoms with Gasteiger partial charge < -0.3 is 10.2 Å². The highest BCUT2D eigenvalue weighted by atomic mass is 35.5. The second kappa shape index (κ2) is 15.7. The summed E-state index contributed by atoms with van der Waals surface area (Å²) in [7, 11) is 0. The van der Waals surface area contributed by atoms with Crippen molar-refractivity contribution in [2.75, 3.05) is 13.1 Å². The highest BCUT2D eigenvalue weighted by Crippen LogP contribution is 2.21. The molecule has 0 unspecified atom stereocenters. The number of benzene rings is 2. The van der Waals surface area contributed by atoms with Crippen LogP contribution < -0.4 is 0 Å². The monoisotopic (exact) mass is 476 g/mol. The van der Waals surface area contributed by atoms with Crippen molar-refractivity contribution in [2.45, 2.75) is 64.2 Å². The molecule has 0 radical (unpaired) electrons. The van der Waals surface area contributed by atoms with Gasteiger partial charge in [0.2, 0.25) is 0 Å². The lowest BCUT2D eigenvalue weighted by Gasteiger charge is -2.02. The van der Waals surface area contributed by atoms with Gasteiger partial charge in [-0.3, -0.25) is 9.98 Å². The molecule has 0 bridgehead atoms. The third kappa shape index (κ3) is 11.0. The Morgan fingerprint density at radius 3 is 1.25 bits per heavy atom. The Morgan fingerprint density at radius 2 is 0.906 bits per heavy atom. The third-order valence-corrected chi connectivity index (χ3v) is 5.74. The topological polar surface area (TPSA) is 65.2 Å². The predicted molar refractivity (Wildman–Crippen MR) is 137 cm³/mol. The van der Waals surface area contributed by atoms with Crippen LogP contribution in [-0.2, 0) is 0 Å². The Bertz CT molecular complexity index is 797. The lowest BCUT2D eigenvalue weighted by atomic mass is 10.1. The molecule has 4 nitrogen and oxygen atoms in total. The number of hydrogen-bond acceptors (Lipinski definition) is 4. The van der Waals surface area contributed by atoms with Crippen molar-refractivity contribution >= 4 is 35.6 Å². The molecule has 0 aliphatic heterocycles. The van der Waals surface area contributed by atoms with Gasteiger partial charge in [-0.05, 0) is 49.2 Å². The van der Waals surface area contributed by atoms with Crippen LogP contribution in [0.3, 0.4) is 0 Å². The molecule has 0 amide bonds. The molecule has 0 aromatic heterocycles. The molecular weight excluding hydrogens is 443 g/mol. The van der Waals surface area contributed by atoms with Gasteiger partial charge in [-0.2, -0.15) is 0 Å². The Morgan fingerprint density at radius 1 is 0.562 bits per heavy atom. The number of phenolic OH excluding ortho intramolecular Hbond substituents is 2. The van der Waals surface area contributed by atoms with Gasteiger partial charge in [0, 0.05) is 46.7 Å². The lowest BCUT2D eigenvalue weighted by molar-refractivity contribution is 0.474. The molecule has 0 aliphatic carbocycles. The van der Waals surface area contributed by atoms with E-state index < -0.39 is 0 Å². The summed E-state index contributed by atoms with van der Waals surface area (Å²) in [5.41, 5.74) is 1.42. The van der Waals surface area contributed by atoms with Crippen LogP contribution in [0.2, 0.25) is 10.0 Å². The molecule has 0 saturated heterocycles. The van der Waals surface area contributed by atoms with Crippen molar-refractivity contribution < 1.29 is 10.2 Å². The first-order valence-corrected chi connectivity index (χ1v) is 12.3. The van der Waals surface area contributed by atoms with Gasteiger partial charge in [-0.1, -0.05) is 74.6 Å². The average Bonchev–Trinajstić information content (AvgIpc) is 2.76. The summed E-state index contributed by atoms with van der Waals surface area (Å²) in [6, 6.07) is 10.1. The quantitative estimate of drug-likeness (QED) is 0.203. The fraction of sp³-hybridized carbons (Fsp3) is 0.462. The van der Waals surface area contributed by atoms with E-state index in [-0.39, 0.29) is 11.5 Å². The molecule has 2 aromatic rings. The number of aromatic hydroxyl groups is 2. The number of unbranched alkanes of at least 4 members (excludes halogenated alkanes) is 9. The van der Waals surface area contributed by atoms with Gasteiger partial charge in [0.05, 0.1) is 0 Å². The number of rotatable bonds is 15. The van der Waals surface area contributed by atoms with Crippen LogP contribution in [0, 0.1) is 0 Å². The van der Waals surface area contributed by atoms with E-state index in [1.54, 1.807) is 36.7 Å². The summed E-state index contributed by atoms with van der Waals surface area (Å²) in [5.74, 6) is 0.347. The van der Waals surface area contributed by atoms with Crippen molar-refractivity contribution in [3.05, 3.63) is 57.6 Å². The van der Waals surface area contributed by atoms with Gasteiger partial charge in [-0.25, -0.2) is 0 Å². The van der Waals surface area contributed by atoms with Crippen LogP contribution in [0.4, 0.5) is 0 Å². The molecule has 0 atom stereocenters. The number of phenols is 2. The summed E-state index contributed by atoms with van der Waals surface area (Å²) < 4.78 is 0. The van der Waals surface area contributed by atoms with Gasteiger partial charge in [-0.15, -0.1) is 0 Å². The van der Waals surface area contributed by atoms with Crippen LogP contribution >= 0.6 is 23.2 Å². The molecule has 0 spiro atoms. The zero-order chi connectivity index (χ0) is 23.0. The number of nitrogens with zero attached hydrogens (tertiary/aromatic N) is 2. The molecular formula is C26H34Cl2N2O2. The van der Waals surface area contributed by atoms with E-state index in [4.69, 9.17) is 23.2 Å². The first kappa shape index (κ1) is 26.2. The van der Waals surface area contributed by atoms with E-state index in [9.17, 15) is 10.2 Å². The predicted octanol–water partition coefficient (Wildman–Crippen LogP) is 7.84. The molecule has 32 heavy (non-hydrogen) atoms. The van der Waals surface area contributed by atoms with Gasteiger partial charge in [0.25, 0.3) is 0 Å². The van der Waals surface area contributed by atoms with Crippen LogP contribution in [0.1, 0.15) is 75.3 Å². The maximum Gasteiger partial charge on any atom is 0.125 e. The van der Waals surface area contributed by atoms with E-state index in [1.807, 2.05) is 0 Å². The van der Waals surface area contributed by atoms with E-state index in [0.29, 0.717) is 21.2 Å². The normalized spacial score (nSPS) is 11.7. The fourth-order valence-electron chi connectivity index (χ4n) is 3.40. The molecule has 0 heterocycles. The van der Waals surface area contributed by atoms with E-state index in [1.165, 1.54) is 63.5 Å². The minimum atomic E-state index is 0.173. The van der Waals surface area contributed by atoms with E-state index in [0.717, 1.165) is 25.9 Å². The first-order valence-electron chi connectivity index (χ1n) is 11.5. The molecule has 0 fully saturated rings. The lowest BCUT2D eigenvalue weighted by Crippen LogP contribution is -1.88. The van der Waals surface area contributed by atoms with Gasteiger partial charge in [0.1, 0.15) is 11.5 Å². The van der Waals surface area contributed by atoms with Crippen molar-refractivity contribution in [2.24, 2.45) is 9.98 Å². The zero-order valence-corrected chi connectivity index (χ0v) is 20.2. The second-order valence-electron chi connectivity index (χ2n) is 8.01. The van der Waals surface area contributed by atoms with Crippen LogP contribution in [0.25, 0.3) is 0 Å². The fourth-order valence-corrected chi connectivity index (χ4v) is 3.73. The summed E-state index contributed by atoms with van der Waals surface area (Å²) >= 11 is 11.6. The molecule has 0 aliphatic rings. The Kier molecular flexibility index (Phi) is 12.9. The minimum absolute atomic E-state index is 0.173. The molecule has 0 saturated carbocycles. The molecule has 6 heteroatoms. The summed E-state index contributed by atoms with van der Waals surface area (Å²) in [6.07, 6.45) is 15.7. The van der Waals surface area contributed by atoms with Crippen molar-refractivity contribution in [1.29, 1.82) is 0 Å². The SMILES string of the molecule is Oc1cc(Cl)ccc1C=NCCCCCCCCCCCCN=Cc1ccc(Cl)cc1O. The molecule has 2 rings (SSSR count). The van der Waals surface area contributed by atoms with Crippen molar-refractivity contribution in [3.8, 4) is 11.5 Å². The highest BCUT2D eigenvalue weighted by Gasteiger charge is 1.99. The largest absolute Gasteiger partial charge is 0.507 e. The van der Waals surface area contributed by atoms with E-state index >= 15 is 0 Å². The Balaban J connectivity index is 1.38. The van der Waals surface area contributed by atoms with Crippen molar-refractivity contribution in [1.82, 2.24) is 0 Å². The Labute approximate surface area is 202 Å². The maximum atomic E-state index is 9.77. The van der Waals surface area contributed by atoms with Crippen LogP contribution in [-0.4, -0.2) is 35.7 Å². The summed E-state index contributed by atoms with van der Waals surface area (Å²) in [4.78, 5) is 8.78. The minimum Gasteiger partial charge on any atom is -0.507 e. The molecule has 174 valence electrons. The number of hydrogen-bond donors (Lipinski definition) is 2. The number of halogens is 2. The summed E-state index contributed by atoms with van der Waals surface area (Å²) in [6.45, 7) is 1.59. The van der Waals surface area contributed by atoms with Crippen LogP contribution in [0.5, 0.6) is 11.5 Å². The highest BCUT2D eigenvalue weighted by molar-refractivity contribution is 6.31. The second-order valence-corrected chi connectivity index (χ2v) is 8.89. The smallest absolute Gasteiger partial charge is 0.125 e. The standard InChI is InChI=1S/C26H34Cl2N2O2/c27-23-13-11-21(25(31)17-23)19-29-15-9-7-5-3-1-2-4-6-8-10-16-30-20-22-12-14-24(28)18-26(22)32/h11-14,17-20,31-32H,1-10,15-16H2. The van der Waals surface area contributed by atoms with Crippen LogP contribution in [0.15, 0.2) is 46.4 Å². The summed E-state index contributed by atoms with van der Waals surface area (Å²) in [5, 5.41) is 20.6. The van der Waals surface area contributed by atoms with Crippen molar-refractivity contribution in [3.63, 3.8) is 0 Å². The average molecular weight is 477 g/mol. The molecule has 2 N–H and O–H groups in total. The number of aliphatic imine (C=N–C) groups is 2. The van der Waals surface area contributed by atoms with Gasteiger partial charge in [0.15, 0.2) is 0 Å². The van der Waals surface area contributed by atoms with E-state index in [2.05, 4.69) is 9.98 Å². The maximum absolute atomic E-state index is 9.77. The Hall–Kier alpha value is -2.04. The first-order chi connectivity index (χ1) is 15.6.